The molecule has 0 unspecified atom stereocenters. The molecule has 75 heavy (non-hydrogen) atoms. The van der Waals surface area contributed by atoms with E-state index < -0.39 is 72.6 Å². The van der Waals surface area contributed by atoms with Crippen molar-refractivity contribution in [2.75, 3.05) is 27.5 Å². The van der Waals surface area contributed by atoms with Crippen molar-refractivity contribution in [3.05, 3.63) is 150 Å². The Morgan fingerprint density at radius 3 is 2.07 bits per heavy atom. The van der Waals surface area contributed by atoms with E-state index in [0.717, 1.165) is 29.7 Å². The second kappa shape index (κ2) is 29.5. The van der Waals surface area contributed by atoms with Gasteiger partial charge in [-0.05, 0) is 66.4 Å². The molecule has 3 atom stereocenters. The van der Waals surface area contributed by atoms with Gasteiger partial charge in [-0.3, -0.25) is 24.0 Å². The number of ether oxygens (including phenoxy) is 6. The molecule has 396 valence electrons. The topological polar surface area (TPSA) is 254 Å². The lowest BCUT2D eigenvalue weighted by Crippen LogP contribution is -2.49. The van der Waals surface area contributed by atoms with Crippen molar-refractivity contribution < 1.29 is 76.0 Å². The van der Waals surface area contributed by atoms with E-state index in [1.54, 1.807) is 61.5 Å². The average molecular weight is 1030 g/mol. The number of esters is 3. The molecule has 0 fully saturated rings. The summed E-state index contributed by atoms with van der Waals surface area (Å²) in [6.45, 7) is 5.89. The summed E-state index contributed by atoms with van der Waals surface area (Å²) in [7, 11) is 2.85. The summed E-state index contributed by atoms with van der Waals surface area (Å²) in [4.78, 5) is 111. The highest BCUT2D eigenvalue weighted by atomic mass is 16.7. The van der Waals surface area contributed by atoms with Gasteiger partial charge in [-0.25, -0.2) is 14.4 Å². The Balaban J connectivity index is 1.30. The molecular weight excluding hydrogens is 973 g/mol. The SMILES string of the molecule is C=COC(=O)C[C@H](NC(=O)c1ccc(-c2ccc(C(=O)NCNC(=O)[C@H](CCCCC)[C@@H](CC)N(C=O)OC(=O)c3ccc(OC)c(OC)c3)o2)cc1OCC(=O)OCc1ccccc1)C(=O)OCc1ccccc1. The van der Waals surface area contributed by atoms with Crippen molar-refractivity contribution in [2.45, 2.75) is 77.7 Å². The van der Waals surface area contributed by atoms with Gasteiger partial charge in [0.25, 0.3) is 11.8 Å². The fourth-order valence-corrected chi connectivity index (χ4v) is 7.54. The number of nitrogens with zero attached hydrogens (tertiary/aromatic N) is 1. The van der Waals surface area contributed by atoms with Crippen molar-refractivity contribution in [1.29, 1.82) is 0 Å². The van der Waals surface area contributed by atoms with Gasteiger partial charge in [0.05, 0.1) is 56.7 Å². The molecule has 0 aliphatic heterocycles. The number of amides is 4. The van der Waals surface area contributed by atoms with E-state index in [9.17, 15) is 38.4 Å². The largest absolute Gasteiger partial charge is 0.493 e. The molecule has 20 heteroatoms. The van der Waals surface area contributed by atoms with E-state index >= 15 is 0 Å². The number of unbranched alkanes of at least 4 members (excludes halogenated alkanes) is 2. The first-order valence-electron chi connectivity index (χ1n) is 23.9. The highest BCUT2D eigenvalue weighted by Gasteiger charge is 2.34. The van der Waals surface area contributed by atoms with Gasteiger partial charge < -0.3 is 53.6 Å². The minimum absolute atomic E-state index is 0.0533. The molecule has 0 aliphatic carbocycles. The van der Waals surface area contributed by atoms with Crippen LogP contribution in [-0.4, -0.2) is 92.7 Å². The van der Waals surface area contributed by atoms with E-state index in [2.05, 4.69) is 22.5 Å². The zero-order valence-corrected chi connectivity index (χ0v) is 42.0. The maximum atomic E-state index is 13.9. The number of methoxy groups -OCH3 is 2. The van der Waals surface area contributed by atoms with Gasteiger partial charge in [0, 0.05) is 5.56 Å². The highest BCUT2D eigenvalue weighted by Crippen LogP contribution is 2.31. The Kier molecular flexibility index (Phi) is 22.4. The Morgan fingerprint density at radius 1 is 0.733 bits per heavy atom. The molecule has 0 radical (unpaired) electrons. The molecule has 0 saturated carbocycles. The monoisotopic (exact) mass is 1030 g/mol. The van der Waals surface area contributed by atoms with Crippen LogP contribution in [-0.2, 0) is 56.2 Å². The Morgan fingerprint density at radius 2 is 1.43 bits per heavy atom. The number of carbonyl (C=O) groups is 8. The van der Waals surface area contributed by atoms with Crippen LogP contribution in [0.25, 0.3) is 11.3 Å². The molecule has 4 amide bonds. The first-order chi connectivity index (χ1) is 36.3. The van der Waals surface area contributed by atoms with Crippen LogP contribution >= 0.6 is 0 Å². The molecule has 5 aromatic rings. The fourth-order valence-electron chi connectivity index (χ4n) is 7.54. The van der Waals surface area contributed by atoms with Crippen LogP contribution in [0.2, 0.25) is 0 Å². The smallest absolute Gasteiger partial charge is 0.363 e. The van der Waals surface area contributed by atoms with E-state index in [4.69, 9.17) is 37.7 Å². The molecule has 0 saturated heterocycles. The summed E-state index contributed by atoms with van der Waals surface area (Å²) in [6.07, 6.45) is 3.42. The Labute approximate surface area is 433 Å². The molecule has 1 heterocycles. The molecule has 0 bridgehead atoms. The van der Waals surface area contributed by atoms with Crippen LogP contribution in [0.4, 0.5) is 0 Å². The first-order valence-corrected chi connectivity index (χ1v) is 23.9. The third-order valence-electron chi connectivity index (χ3n) is 11.4. The van der Waals surface area contributed by atoms with Crippen LogP contribution in [0.5, 0.6) is 17.2 Å². The van der Waals surface area contributed by atoms with Gasteiger partial charge in [-0.1, -0.05) is 106 Å². The highest BCUT2D eigenvalue weighted by molar-refractivity contribution is 6.00. The van der Waals surface area contributed by atoms with Gasteiger partial charge in [0.15, 0.2) is 23.9 Å². The molecule has 4 aromatic carbocycles. The van der Waals surface area contributed by atoms with Crippen LogP contribution < -0.4 is 30.2 Å². The second-order valence-electron chi connectivity index (χ2n) is 16.5. The van der Waals surface area contributed by atoms with Gasteiger partial charge in [0.2, 0.25) is 12.3 Å². The van der Waals surface area contributed by atoms with Crippen LogP contribution in [0, 0.1) is 5.92 Å². The number of benzene rings is 4. The lowest BCUT2D eigenvalue weighted by molar-refractivity contribution is -0.171. The van der Waals surface area contributed by atoms with E-state index in [1.165, 1.54) is 62.8 Å². The maximum absolute atomic E-state index is 13.9. The summed E-state index contributed by atoms with van der Waals surface area (Å²) in [5, 5.41) is 8.61. The maximum Gasteiger partial charge on any atom is 0.363 e. The third kappa shape index (κ3) is 17.1. The summed E-state index contributed by atoms with van der Waals surface area (Å²) in [5.41, 5.74) is 1.57. The number of rotatable bonds is 30. The first kappa shape index (κ1) is 57.0. The van der Waals surface area contributed by atoms with Gasteiger partial charge in [-0.15, -0.1) is 0 Å². The third-order valence-corrected chi connectivity index (χ3v) is 11.4. The molecule has 0 spiro atoms. The lowest BCUT2D eigenvalue weighted by atomic mass is 9.90. The van der Waals surface area contributed by atoms with Crippen molar-refractivity contribution >= 4 is 48.0 Å². The minimum atomic E-state index is -1.53. The van der Waals surface area contributed by atoms with E-state index in [0.29, 0.717) is 30.6 Å². The summed E-state index contributed by atoms with van der Waals surface area (Å²) in [5.74, 6) is -6.00. The zero-order chi connectivity index (χ0) is 54.1. The number of furan rings is 1. The van der Waals surface area contributed by atoms with Crippen LogP contribution in [0.1, 0.15) is 94.8 Å². The number of hydrogen-bond acceptors (Lipinski definition) is 16. The van der Waals surface area contributed by atoms with E-state index in [1.807, 2.05) is 13.0 Å². The van der Waals surface area contributed by atoms with Crippen molar-refractivity contribution in [3.63, 3.8) is 0 Å². The second-order valence-corrected chi connectivity index (χ2v) is 16.5. The van der Waals surface area contributed by atoms with Crippen LogP contribution in [0.3, 0.4) is 0 Å². The molecule has 1 aromatic heterocycles. The van der Waals surface area contributed by atoms with Gasteiger partial charge in [0.1, 0.15) is 30.8 Å². The van der Waals surface area contributed by atoms with E-state index in [-0.39, 0.29) is 66.0 Å². The fraction of sp³-hybridized carbons (Fsp3) is 0.309. The normalized spacial score (nSPS) is 11.8. The summed E-state index contributed by atoms with van der Waals surface area (Å²) < 4.78 is 37.9. The predicted octanol–water partition coefficient (Wildman–Crippen LogP) is 7.01. The average Bonchev–Trinajstić information content (AvgIpc) is 3.93. The lowest BCUT2D eigenvalue weighted by Gasteiger charge is -2.31. The molecular formula is C55H60N4O16. The molecule has 0 aliphatic rings. The predicted molar refractivity (Wildman–Crippen MR) is 269 cm³/mol. The molecule has 5 rings (SSSR count). The van der Waals surface area contributed by atoms with Crippen molar-refractivity contribution in [3.8, 4) is 28.6 Å². The van der Waals surface area contributed by atoms with Gasteiger partial charge >= 0.3 is 23.9 Å². The quantitative estimate of drug-likeness (QED) is 0.00795. The van der Waals surface area contributed by atoms with Crippen molar-refractivity contribution in [1.82, 2.24) is 21.0 Å². The summed E-state index contributed by atoms with van der Waals surface area (Å²) >= 11 is 0. The Bertz CT molecular complexity index is 2750. The molecule has 3 N–H and O–H groups in total. The number of hydroxylamine groups is 2. The zero-order valence-electron chi connectivity index (χ0n) is 42.0. The number of hydrogen-bond donors (Lipinski definition) is 3. The van der Waals surface area contributed by atoms with Crippen molar-refractivity contribution in [2.24, 2.45) is 5.92 Å². The van der Waals surface area contributed by atoms with Gasteiger partial charge in [-0.2, -0.15) is 5.06 Å². The Hall–Kier alpha value is -8.94. The van der Waals surface area contributed by atoms with Crippen LogP contribution in [0.15, 0.2) is 126 Å². The standard InChI is InChI=1S/C55H60N4O16/c1-6-9-12-21-40(43(7-2)59(35-60)75-54(66)39-23-25-45(68-4)48(29-39)69-5)51(63)56-34-57-53(65)46-27-26-44(74-46)38-22-24-41(47(28-38)71-33-50(62)72-31-36-17-13-10-14-18-36)52(64)58-42(30-49(61)70-8-3)55(67)73-32-37-19-15-11-16-20-37/h8,10-11,13-20,22-29,35,40,42-43H,3,6-7,9,12,21,30-34H2,1-2,4-5H3,(H,56,63)(H,57,65)(H,58,64)/t40-,42+,43-/m1/s1. The molecule has 20 nitrogen and oxygen atoms in total. The number of carbonyl (C=O) groups excluding carboxylic acids is 8. The summed E-state index contributed by atoms with van der Waals surface area (Å²) in [6, 6.07) is 26.6. The minimum Gasteiger partial charge on any atom is -0.493 e. The number of nitrogens with one attached hydrogen (secondary N) is 3.